The van der Waals surface area contributed by atoms with Crippen LogP contribution in [0.15, 0.2) is 60.7 Å². The number of methoxy groups -OCH3 is 2. The number of carbonyl (C=O) groups is 2. The molecule has 0 unspecified atom stereocenters. The van der Waals surface area contributed by atoms with Gasteiger partial charge in [-0.05, 0) is 137 Å². The Hall–Kier alpha value is -2.83. The molecule has 0 saturated carbocycles. The van der Waals surface area contributed by atoms with Gasteiger partial charge in [0.05, 0.1) is 85.4 Å². The van der Waals surface area contributed by atoms with Crippen LogP contribution in [-0.2, 0) is 42.7 Å². The van der Waals surface area contributed by atoms with Gasteiger partial charge < -0.3 is 63.4 Å². The Morgan fingerprint density at radius 3 is 1.96 bits per heavy atom. The average Bonchev–Trinajstić information content (AvgIpc) is 3.43. The fraction of sp³-hybridized carbons (Fsp3) is 0.785. The molecule has 3 saturated heterocycles. The van der Waals surface area contributed by atoms with Crippen molar-refractivity contribution in [1.29, 1.82) is 0 Å². The molecule has 0 spiro atoms. The molecular weight excluding hydrogens is 1060 g/mol. The third-order valence-corrected chi connectivity index (χ3v) is 22.9. The summed E-state index contributed by atoms with van der Waals surface area (Å²) >= 11 is 0. The van der Waals surface area contributed by atoms with Crippen LogP contribution in [0, 0.1) is 23.7 Å². The highest BCUT2D eigenvalue weighted by atomic mass is 31.2. The first-order chi connectivity index (χ1) is 38.7. The number of unbranched alkanes of at least 4 members (excludes halogenated alkanes) is 7. The first-order valence-electron chi connectivity index (χ1n) is 31.0. The fourth-order valence-electron chi connectivity index (χ4n) is 13.8. The van der Waals surface area contributed by atoms with Crippen molar-refractivity contribution >= 4 is 29.9 Å². The topological polar surface area (TPSA) is 187 Å². The molecular formula is C65H111N3O13P+. The summed E-state index contributed by atoms with van der Waals surface area (Å²) in [5.74, 6) is -2.86. The average molecular weight is 1170 g/mol. The number of alkyl carbamates (subject to hydrolysis) is 1. The molecule has 2 aromatic rings. The van der Waals surface area contributed by atoms with Crippen molar-refractivity contribution in [1.82, 2.24) is 15.1 Å². The summed E-state index contributed by atoms with van der Waals surface area (Å²) in [6.07, 6.45) is 4.36. The number of amides is 1. The van der Waals surface area contributed by atoms with Crippen LogP contribution in [0.4, 0.5) is 4.79 Å². The lowest BCUT2D eigenvalue weighted by Crippen LogP contribution is -2.61. The fourth-order valence-corrected chi connectivity index (χ4v) is 17.1. The Morgan fingerprint density at radius 1 is 0.817 bits per heavy atom. The summed E-state index contributed by atoms with van der Waals surface area (Å²) in [5.41, 5.74) is -4.02. The number of ether oxygens (including phenoxy) is 8. The molecule has 82 heavy (non-hydrogen) atoms. The number of likely N-dealkylation sites (N-methyl/N-ethyl adjacent to an activating group) is 2. The maximum atomic E-state index is 14.9. The summed E-state index contributed by atoms with van der Waals surface area (Å²) in [4.78, 5) is 32.7. The molecule has 468 valence electrons. The molecule has 0 aliphatic carbocycles. The number of cyclic esters (lactones) is 1. The van der Waals surface area contributed by atoms with Crippen LogP contribution in [0.25, 0.3) is 0 Å². The van der Waals surface area contributed by atoms with Crippen LogP contribution in [-0.4, -0.2) is 196 Å². The van der Waals surface area contributed by atoms with Crippen LogP contribution < -0.4 is 15.9 Å². The number of carbonyl (C=O) groups excluding carboxylic acids is 2. The van der Waals surface area contributed by atoms with Crippen molar-refractivity contribution in [2.75, 3.05) is 74.5 Å². The van der Waals surface area contributed by atoms with Crippen molar-refractivity contribution < 1.29 is 62.8 Å². The zero-order chi connectivity index (χ0) is 60.6. The molecule has 0 bridgehead atoms. The second-order valence-electron chi connectivity index (χ2n) is 25.9. The van der Waals surface area contributed by atoms with Gasteiger partial charge in [0.15, 0.2) is 12.4 Å². The zero-order valence-corrected chi connectivity index (χ0v) is 54.1. The van der Waals surface area contributed by atoms with E-state index in [0.717, 1.165) is 25.7 Å². The summed E-state index contributed by atoms with van der Waals surface area (Å²) in [5, 5.41) is 43.3. The van der Waals surface area contributed by atoms with Crippen molar-refractivity contribution in [2.24, 2.45) is 23.7 Å². The number of hydrogen-bond acceptors (Lipinski definition) is 15. The Labute approximate surface area is 495 Å². The second kappa shape index (κ2) is 32.2. The number of rotatable bonds is 24. The normalized spacial score (nSPS) is 35.8. The molecule has 2 aromatic carbocycles. The predicted molar refractivity (Wildman–Crippen MR) is 327 cm³/mol. The number of aliphatic hydroxyl groups is 3. The number of nitrogens with one attached hydrogen (secondary N) is 1. The second-order valence-corrected chi connectivity index (χ2v) is 29.8. The van der Waals surface area contributed by atoms with E-state index in [1.807, 2.05) is 79.4 Å². The maximum Gasteiger partial charge on any atom is 0.407 e. The summed E-state index contributed by atoms with van der Waals surface area (Å²) in [6, 6.07) is 21.2. The molecule has 0 aromatic heterocycles. The van der Waals surface area contributed by atoms with E-state index in [0.29, 0.717) is 25.9 Å². The molecule has 16 nitrogen and oxygen atoms in total. The van der Waals surface area contributed by atoms with E-state index in [9.17, 15) is 24.9 Å². The first kappa shape index (κ1) is 69.9. The van der Waals surface area contributed by atoms with Gasteiger partial charge in [0.25, 0.3) is 0 Å². The predicted octanol–water partition coefficient (Wildman–Crippen LogP) is 9.00. The lowest BCUT2D eigenvalue weighted by molar-refractivity contribution is -0.298. The standard InChI is InChI=1S/C65H110N3O13P/c1-17-55-65(10,73)58(81-62(71)66-36-30-22-20-18-19-21-23-31-37-82(16,51-32-26-24-27-33-51)52-34-28-25-29-35-52)48(6)68(13)41-44(2)39-63(8,72)57(80-61-56(69)54(67(11)12)38-45(3)77-61)46(4)53(47(5)60(70)79-55)43-76-42-50-40-64(9,75-15)59(74-14)49(7)78-50/h24-29,32-35,44-50,53-59,61,69,72-73H,17-23,30-31,36-43H2,1-16H3/p+1/t44-,45-,46+,47-,48-,49+,50-,53+,54+,55-,56-,57-,58-,59+,61+,63-,64-,65-/m1/s1. The van der Waals surface area contributed by atoms with E-state index in [1.54, 1.807) is 35.0 Å². The number of nitrogens with zero attached hydrogens (tertiary/aromatic N) is 2. The molecule has 3 fully saturated rings. The van der Waals surface area contributed by atoms with Crippen molar-refractivity contribution in [3.63, 3.8) is 0 Å². The van der Waals surface area contributed by atoms with Crippen LogP contribution >= 0.6 is 7.26 Å². The first-order valence-corrected chi connectivity index (χ1v) is 33.4. The largest absolute Gasteiger partial charge is 0.459 e. The smallest absolute Gasteiger partial charge is 0.407 e. The minimum atomic E-state index is -1.84. The minimum Gasteiger partial charge on any atom is -0.459 e. The Morgan fingerprint density at radius 2 is 1.40 bits per heavy atom. The summed E-state index contributed by atoms with van der Waals surface area (Å²) < 4.78 is 50.7. The molecule has 3 heterocycles. The Bertz CT molecular complexity index is 2140. The Balaban J connectivity index is 1.28. The van der Waals surface area contributed by atoms with Crippen molar-refractivity contribution in [3.8, 4) is 0 Å². The molecule has 0 radical (unpaired) electrons. The zero-order valence-electron chi connectivity index (χ0n) is 53.2. The number of benzene rings is 2. The third kappa shape index (κ3) is 18.6. The van der Waals surface area contributed by atoms with Gasteiger partial charge in [-0.15, -0.1) is 0 Å². The van der Waals surface area contributed by atoms with Crippen LogP contribution in [0.1, 0.15) is 146 Å². The van der Waals surface area contributed by atoms with Gasteiger partial charge >= 0.3 is 12.1 Å². The van der Waals surface area contributed by atoms with Gasteiger partial charge in [-0.3, -0.25) is 9.69 Å². The van der Waals surface area contributed by atoms with Crippen LogP contribution in [0.5, 0.6) is 0 Å². The van der Waals surface area contributed by atoms with Gasteiger partial charge in [0.2, 0.25) is 0 Å². The van der Waals surface area contributed by atoms with E-state index >= 15 is 0 Å². The van der Waals surface area contributed by atoms with E-state index < -0.39 is 90.6 Å². The highest BCUT2D eigenvalue weighted by Crippen LogP contribution is 2.53. The van der Waals surface area contributed by atoms with Crippen LogP contribution in [0.3, 0.4) is 0 Å². The highest BCUT2D eigenvalue weighted by Gasteiger charge is 2.52. The lowest BCUT2D eigenvalue weighted by atomic mass is 9.73. The number of esters is 1. The third-order valence-electron chi connectivity index (χ3n) is 18.8. The van der Waals surface area contributed by atoms with Gasteiger partial charge in [-0.25, -0.2) is 4.79 Å². The molecule has 1 amide bonds. The van der Waals surface area contributed by atoms with Crippen molar-refractivity contribution in [3.05, 3.63) is 60.7 Å². The lowest BCUT2D eigenvalue weighted by Gasteiger charge is -2.47. The molecule has 17 heteroatoms. The molecule has 3 aliphatic rings. The van der Waals surface area contributed by atoms with Gasteiger partial charge in [0, 0.05) is 51.7 Å². The van der Waals surface area contributed by atoms with Crippen molar-refractivity contribution in [2.45, 2.75) is 230 Å². The number of hydrogen-bond donors (Lipinski definition) is 4. The Kier molecular flexibility index (Phi) is 27.5. The highest BCUT2D eigenvalue weighted by molar-refractivity contribution is 7.88. The van der Waals surface area contributed by atoms with E-state index in [-0.39, 0.29) is 62.4 Å². The number of aliphatic hydroxyl groups excluding tert-OH is 1. The summed E-state index contributed by atoms with van der Waals surface area (Å²) in [7, 11) is 7.59. The van der Waals surface area contributed by atoms with E-state index in [4.69, 9.17) is 37.9 Å². The van der Waals surface area contributed by atoms with Gasteiger partial charge in [0.1, 0.15) is 23.9 Å². The molecule has 4 N–H and O–H groups in total. The van der Waals surface area contributed by atoms with E-state index in [2.05, 4.69) is 72.6 Å². The summed E-state index contributed by atoms with van der Waals surface area (Å²) in [6.45, 7) is 22.3. The van der Waals surface area contributed by atoms with Gasteiger partial charge in [-0.1, -0.05) is 96.2 Å². The van der Waals surface area contributed by atoms with Gasteiger partial charge in [-0.2, -0.15) is 0 Å². The van der Waals surface area contributed by atoms with E-state index in [1.165, 1.54) is 42.5 Å². The maximum absolute atomic E-state index is 14.9. The minimum absolute atomic E-state index is 0.0455. The molecule has 3 aliphatic heterocycles. The molecule has 5 rings (SSSR count). The molecule has 18 atom stereocenters. The SMILES string of the molecule is CC[C@H]1OC(=O)[C@H](C)[C@@H](COC[C@H]2C[C@@](C)(OC)[C@@H](OC)[C@H](C)O2)[C@H](C)[C@@H](O[C@@H]2O[C@H](C)C[C@H](N(C)C)[C@H]2O)[C@](C)(O)C[C@@H](C)CN(C)[C@H](C)[C@@H](OC(=O)NCCCCCCCCCC[P+](C)(c2ccccc2)c2ccccc2)[C@]1(C)O. The quantitative estimate of drug-likeness (QED) is 0.0443. The monoisotopic (exact) mass is 1170 g/mol. The van der Waals surface area contributed by atoms with Crippen LogP contribution in [0.2, 0.25) is 0 Å².